The van der Waals surface area contributed by atoms with E-state index in [-0.39, 0.29) is 0 Å². The van der Waals surface area contributed by atoms with E-state index in [0.717, 1.165) is 0 Å². The Balaban J connectivity index is 3.15. The second kappa shape index (κ2) is 2.75. The molecule has 0 aliphatic carbocycles. The fourth-order valence-electron chi connectivity index (χ4n) is 0.750. The van der Waals surface area contributed by atoms with Crippen LogP contribution in [0.2, 0.25) is 22.5 Å². The summed E-state index contributed by atoms with van der Waals surface area (Å²) < 4.78 is 0. The van der Waals surface area contributed by atoms with Crippen molar-refractivity contribution in [2.75, 3.05) is 0 Å². The molecule has 0 aromatic heterocycles. The Bertz CT molecular complexity index is 42.6. The Morgan fingerprint density at radius 3 is 1.57 bits per heavy atom. The van der Waals surface area contributed by atoms with E-state index in [1.165, 1.54) is 11.7 Å². The summed E-state index contributed by atoms with van der Waals surface area (Å²) in [6.07, 6.45) is 1.39. The molecule has 0 aliphatic rings. The molecule has 0 radical (unpaired) electrons. The van der Waals surface area contributed by atoms with Gasteiger partial charge in [-0.1, -0.05) is 0 Å². The van der Waals surface area contributed by atoms with E-state index in [1.54, 1.807) is 0 Å². The zero-order chi connectivity index (χ0) is 5.91. The van der Waals surface area contributed by atoms with Crippen molar-refractivity contribution in [3.63, 3.8) is 0 Å². The van der Waals surface area contributed by atoms with E-state index in [2.05, 4.69) is 24.2 Å². The summed E-state index contributed by atoms with van der Waals surface area (Å²) in [5.41, 5.74) is 0. The van der Waals surface area contributed by atoms with Gasteiger partial charge in [0.25, 0.3) is 0 Å². The summed E-state index contributed by atoms with van der Waals surface area (Å²) in [4.78, 5) is 0. The Labute approximate surface area is 49.7 Å². The summed E-state index contributed by atoms with van der Waals surface area (Å²) in [6, 6.07) is 0. The molecule has 44 valence electrons. The van der Waals surface area contributed by atoms with Gasteiger partial charge >= 0.3 is 49.1 Å². The van der Waals surface area contributed by atoms with Crippen LogP contribution in [0.5, 0.6) is 0 Å². The minimum absolute atomic E-state index is 1.08. The van der Waals surface area contributed by atoms with E-state index in [4.69, 9.17) is 0 Å². The Morgan fingerprint density at radius 2 is 1.57 bits per heavy atom. The van der Waals surface area contributed by atoms with Gasteiger partial charge in [0.2, 0.25) is 0 Å². The van der Waals surface area contributed by atoms with Gasteiger partial charge in [-0.2, -0.15) is 0 Å². The second-order valence-electron chi connectivity index (χ2n) is 3.31. The number of hydrogen-bond donors (Lipinski definition) is 0. The molecular weight excluding hydrogens is 145 g/mol. The molecule has 0 rings (SSSR count). The normalized spacial score (nSPS) is 12.0. The molecule has 0 aromatic carbocycles. The summed E-state index contributed by atoms with van der Waals surface area (Å²) in [7, 11) is 0. The summed E-state index contributed by atoms with van der Waals surface area (Å²) in [5, 5.41) is 1.53. The van der Waals surface area contributed by atoms with Crippen molar-refractivity contribution in [3.8, 4) is 0 Å². The van der Waals surface area contributed by atoms with Crippen LogP contribution in [0.25, 0.3) is 0 Å². The third-order valence-corrected chi connectivity index (χ3v) is 5.20. The third-order valence-electron chi connectivity index (χ3n) is 1.000. The molecule has 0 aliphatic heterocycles. The van der Waals surface area contributed by atoms with Crippen molar-refractivity contribution >= 4 is 13.3 Å². The summed E-state index contributed by atoms with van der Waals surface area (Å²) >= 11 is -1.08. The SMILES string of the molecule is CC[CH2][Ge]([CH3])([CH3])[CH3]. The predicted molar refractivity (Wildman–Crippen MR) is 38.4 cm³/mol. The molecule has 0 bridgehead atoms. The molecular formula is C6H16Ge. The quantitative estimate of drug-likeness (QED) is 0.546. The van der Waals surface area contributed by atoms with Crippen LogP contribution in [0.15, 0.2) is 0 Å². The van der Waals surface area contributed by atoms with Crippen LogP contribution >= 0.6 is 0 Å². The summed E-state index contributed by atoms with van der Waals surface area (Å²) in [6.45, 7) is 2.27. The van der Waals surface area contributed by atoms with Gasteiger partial charge in [-0.05, 0) is 0 Å². The van der Waals surface area contributed by atoms with Crippen LogP contribution in [0.4, 0.5) is 0 Å². The molecule has 0 nitrogen and oxygen atoms in total. The van der Waals surface area contributed by atoms with Crippen LogP contribution in [-0.2, 0) is 0 Å². The fraction of sp³-hybridized carbons (Fsp3) is 1.00. The molecule has 0 spiro atoms. The predicted octanol–water partition coefficient (Wildman–Crippen LogP) is 2.73. The number of hydrogen-bond acceptors (Lipinski definition) is 0. The molecule has 0 amide bonds. The van der Waals surface area contributed by atoms with Gasteiger partial charge in [-0.15, -0.1) is 0 Å². The van der Waals surface area contributed by atoms with Gasteiger partial charge in [0, 0.05) is 0 Å². The first-order chi connectivity index (χ1) is 3.06. The van der Waals surface area contributed by atoms with Crippen LogP contribution in [0.1, 0.15) is 13.3 Å². The van der Waals surface area contributed by atoms with Crippen molar-refractivity contribution in [1.29, 1.82) is 0 Å². The van der Waals surface area contributed by atoms with E-state index in [0.29, 0.717) is 0 Å². The van der Waals surface area contributed by atoms with Crippen molar-refractivity contribution < 1.29 is 0 Å². The zero-order valence-corrected chi connectivity index (χ0v) is 8.01. The number of rotatable bonds is 2. The average Bonchev–Trinajstić information content (AvgIpc) is 1.30. The average molecular weight is 161 g/mol. The maximum absolute atomic E-state index is 2.46. The monoisotopic (exact) mass is 162 g/mol. The van der Waals surface area contributed by atoms with Gasteiger partial charge in [0.05, 0.1) is 0 Å². The summed E-state index contributed by atoms with van der Waals surface area (Å²) in [5.74, 6) is 7.39. The van der Waals surface area contributed by atoms with Crippen LogP contribution in [0, 0.1) is 0 Å². The molecule has 0 heterocycles. The molecule has 0 fully saturated rings. The molecule has 0 N–H and O–H groups in total. The van der Waals surface area contributed by atoms with Crippen molar-refractivity contribution in [1.82, 2.24) is 0 Å². The van der Waals surface area contributed by atoms with Crippen molar-refractivity contribution in [3.05, 3.63) is 0 Å². The molecule has 0 aromatic rings. The van der Waals surface area contributed by atoms with E-state index in [1.807, 2.05) is 0 Å². The maximum atomic E-state index is 2.46. The van der Waals surface area contributed by atoms with Gasteiger partial charge in [-0.3, -0.25) is 0 Å². The minimum atomic E-state index is -1.08. The van der Waals surface area contributed by atoms with Gasteiger partial charge < -0.3 is 0 Å². The molecule has 7 heavy (non-hydrogen) atoms. The van der Waals surface area contributed by atoms with Gasteiger partial charge in [0.15, 0.2) is 0 Å². The van der Waals surface area contributed by atoms with Crippen LogP contribution < -0.4 is 0 Å². The van der Waals surface area contributed by atoms with Crippen molar-refractivity contribution in [2.24, 2.45) is 0 Å². The van der Waals surface area contributed by atoms with Gasteiger partial charge in [0.1, 0.15) is 0 Å². The molecule has 0 saturated heterocycles. The first-order valence-electron chi connectivity index (χ1n) is 3.06. The Kier molecular flexibility index (Phi) is 2.97. The zero-order valence-electron chi connectivity index (χ0n) is 5.91. The van der Waals surface area contributed by atoms with E-state index < -0.39 is 13.3 Å². The Morgan fingerprint density at radius 1 is 1.14 bits per heavy atom. The fourth-order valence-corrected chi connectivity index (χ4v) is 3.90. The Hall–Kier alpha value is 0.543. The van der Waals surface area contributed by atoms with Gasteiger partial charge in [-0.25, -0.2) is 0 Å². The van der Waals surface area contributed by atoms with Crippen molar-refractivity contribution in [2.45, 2.75) is 35.9 Å². The van der Waals surface area contributed by atoms with E-state index >= 15 is 0 Å². The molecule has 1 heteroatoms. The molecule has 0 unspecified atom stereocenters. The first-order valence-corrected chi connectivity index (χ1v) is 10.8. The van der Waals surface area contributed by atoms with Crippen LogP contribution in [-0.4, -0.2) is 13.3 Å². The molecule has 0 saturated carbocycles. The standard InChI is InChI=1S/C6H16Ge/c1-5-6-7(2,3)4/h5-6H2,1-4H3. The first kappa shape index (κ1) is 7.54. The second-order valence-corrected chi connectivity index (χ2v) is 15.1. The van der Waals surface area contributed by atoms with Crippen LogP contribution in [0.3, 0.4) is 0 Å². The topological polar surface area (TPSA) is 0 Å². The third kappa shape index (κ3) is 6.54. The van der Waals surface area contributed by atoms with E-state index in [9.17, 15) is 0 Å². The molecule has 0 atom stereocenters.